The molecule has 0 bridgehead atoms. The highest BCUT2D eigenvalue weighted by Gasteiger charge is 2.11. The molecule has 2 unspecified atom stereocenters. The average molecular weight is 314 g/mol. The number of rotatable bonds is 17. The molecule has 0 aromatic heterocycles. The zero-order valence-corrected chi connectivity index (χ0v) is 15.5. The molecule has 0 aromatic rings. The van der Waals surface area contributed by atoms with Crippen molar-refractivity contribution in [3.05, 3.63) is 0 Å². The smallest absolute Gasteiger partial charge is 0.0691 e. The Balaban J connectivity index is 3.08. The molecular weight excluding hydrogens is 270 g/mol. The molecule has 0 aliphatic carbocycles. The van der Waals surface area contributed by atoms with E-state index in [-0.39, 0.29) is 12.1 Å². The van der Waals surface area contributed by atoms with E-state index in [0.29, 0.717) is 0 Å². The quantitative estimate of drug-likeness (QED) is 0.326. The molecule has 0 fully saturated rings. The molecule has 0 aliphatic rings. The molecule has 0 saturated carbocycles. The van der Waals surface area contributed by atoms with E-state index in [2.05, 4.69) is 6.92 Å². The predicted molar refractivity (Wildman–Crippen MR) is 99.2 cm³/mol. The Bertz CT molecular complexity index is 208. The number of unbranched alkanes of at least 4 members (excludes halogenated alkanes) is 13. The van der Waals surface area contributed by atoms with Gasteiger partial charge >= 0.3 is 0 Å². The van der Waals surface area contributed by atoms with Gasteiger partial charge in [-0.3, -0.25) is 0 Å². The van der Waals surface area contributed by atoms with Crippen molar-refractivity contribution >= 4 is 0 Å². The Hall–Kier alpha value is -0.0800. The zero-order valence-electron chi connectivity index (χ0n) is 15.5. The van der Waals surface area contributed by atoms with Gasteiger partial charge in [-0.05, 0) is 12.8 Å². The third kappa shape index (κ3) is 14.8. The Morgan fingerprint density at radius 1 is 0.636 bits per heavy atom. The first-order valence-corrected chi connectivity index (χ1v) is 10.2. The molecule has 0 heterocycles. The van der Waals surface area contributed by atoms with Crippen LogP contribution in [-0.2, 0) is 0 Å². The molecule has 0 amide bonds. The first-order chi connectivity index (χ1) is 10.7. The molecule has 2 heteroatoms. The zero-order chi connectivity index (χ0) is 16.5. The molecule has 0 aliphatic heterocycles. The van der Waals surface area contributed by atoms with Crippen LogP contribution in [0.25, 0.3) is 0 Å². The van der Waals surface area contributed by atoms with E-state index in [0.717, 1.165) is 19.3 Å². The van der Waals surface area contributed by atoms with Crippen LogP contribution in [0.5, 0.6) is 0 Å². The van der Waals surface area contributed by atoms with Crippen LogP contribution in [-0.4, -0.2) is 17.3 Å². The number of aliphatic hydroxyl groups is 1. The van der Waals surface area contributed by atoms with Crippen LogP contribution in [0, 0.1) is 0 Å². The topological polar surface area (TPSA) is 46.2 Å². The minimum atomic E-state index is -0.290. The van der Waals surface area contributed by atoms with Gasteiger partial charge < -0.3 is 10.8 Å². The van der Waals surface area contributed by atoms with Crippen LogP contribution in [0.15, 0.2) is 0 Å². The van der Waals surface area contributed by atoms with Crippen molar-refractivity contribution in [2.24, 2.45) is 5.73 Å². The molecule has 2 atom stereocenters. The minimum absolute atomic E-state index is 0.0260. The average Bonchev–Trinajstić information content (AvgIpc) is 2.54. The number of hydrogen-bond donors (Lipinski definition) is 2. The Morgan fingerprint density at radius 3 is 1.36 bits per heavy atom. The number of aliphatic hydroxyl groups excluding tert-OH is 1. The number of nitrogens with two attached hydrogens (primary N) is 1. The van der Waals surface area contributed by atoms with Crippen LogP contribution in [0.2, 0.25) is 0 Å². The van der Waals surface area contributed by atoms with Gasteiger partial charge in [-0.15, -0.1) is 0 Å². The summed E-state index contributed by atoms with van der Waals surface area (Å²) in [5, 5.41) is 9.78. The molecule has 134 valence electrons. The lowest BCUT2D eigenvalue weighted by molar-refractivity contribution is 0.129. The highest BCUT2D eigenvalue weighted by molar-refractivity contribution is 4.69. The van der Waals surface area contributed by atoms with E-state index in [1.165, 1.54) is 83.5 Å². The Kier molecular flexibility index (Phi) is 17.2. The van der Waals surface area contributed by atoms with Crippen LogP contribution >= 0.6 is 0 Å². The monoisotopic (exact) mass is 313 g/mol. The summed E-state index contributed by atoms with van der Waals surface area (Å²) in [6.07, 6.45) is 20.8. The summed E-state index contributed by atoms with van der Waals surface area (Å²) in [5.41, 5.74) is 5.82. The van der Waals surface area contributed by atoms with Crippen molar-refractivity contribution in [3.63, 3.8) is 0 Å². The van der Waals surface area contributed by atoms with Gasteiger partial charge in [0.05, 0.1) is 6.10 Å². The van der Waals surface area contributed by atoms with Crippen molar-refractivity contribution < 1.29 is 5.11 Å². The normalized spacial score (nSPS) is 14.2. The van der Waals surface area contributed by atoms with Gasteiger partial charge in [-0.25, -0.2) is 0 Å². The highest BCUT2D eigenvalue weighted by Crippen LogP contribution is 2.14. The summed E-state index contributed by atoms with van der Waals surface area (Å²) in [4.78, 5) is 0. The van der Waals surface area contributed by atoms with E-state index in [4.69, 9.17) is 5.73 Å². The van der Waals surface area contributed by atoms with Crippen molar-refractivity contribution in [1.82, 2.24) is 0 Å². The largest absolute Gasteiger partial charge is 0.392 e. The lowest BCUT2D eigenvalue weighted by Crippen LogP contribution is -2.33. The van der Waals surface area contributed by atoms with Crippen molar-refractivity contribution in [2.75, 3.05) is 0 Å². The van der Waals surface area contributed by atoms with Crippen LogP contribution in [0.3, 0.4) is 0 Å². The van der Waals surface area contributed by atoms with E-state index in [9.17, 15) is 5.11 Å². The molecular formula is C20H43NO. The lowest BCUT2D eigenvalue weighted by Gasteiger charge is -2.16. The van der Waals surface area contributed by atoms with Gasteiger partial charge in [0.2, 0.25) is 0 Å². The van der Waals surface area contributed by atoms with Crippen LogP contribution in [0.4, 0.5) is 0 Å². The summed E-state index contributed by atoms with van der Waals surface area (Å²) in [7, 11) is 0. The van der Waals surface area contributed by atoms with Gasteiger partial charge in [-0.2, -0.15) is 0 Å². The standard InChI is InChI=1S/C20H43NO/c1-3-5-6-7-8-9-10-11-12-13-14-15-16-17-18-20(22)19(21)4-2/h19-20,22H,3-18,21H2,1-2H3. The molecule has 0 saturated heterocycles. The maximum Gasteiger partial charge on any atom is 0.0691 e. The van der Waals surface area contributed by atoms with Crippen molar-refractivity contribution in [1.29, 1.82) is 0 Å². The summed E-state index contributed by atoms with van der Waals surface area (Å²) in [6.45, 7) is 4.32. The highest BCUT2D eigenvalue weighted by atomic mass is 16.3. The second-order valence-electron chi connectivity index (χ2n) is 7.02. The molecule has 22 heavy (non-hydrogen) atoms. The Morgan fingerprint density at radius 2 is 1.00 bits per heavy atom. The predicted octanol–water partition coefficient (Wildman–Crippen LogP) is 5.96. The molecule has 0 spiro atoms. The SMILES string of the molecule is CCCCCCCCCCCCCCCCC(O)C(N)CC. The minimum Gasteiger partial charge on any atom is -0.392 e. The number of hydrogen-bond acceptors (Lipinski definition) is 2. The molecule has 0 rings (SSSR count). The fraction of sp³-hybridized carbons (Fsp3) is 1.00. The summed E-state index contributed by atoms with van der Waals surface area (Å²) < 4.78 is 0. The first-order valence-electron chi connectivity index (χ1n) is 10.2. The Labute approximate surface area is 140 Å². The van der Waals surface area contributed by atoms with Gasteiger partial charge in [0.1, 0.15) is 0 Å². The fourth-order valence-corrected chi connectivity index (χ4v) is 3.03. The second-order valence-corrected chi connectivity index (χ2v) is 7.02. The van der Waals surface area contributed by atoms with Gasteiger partial charge in [0.15, 0.2) is 0 Å². The maximum atomic E-state index is 9.78. The summed E-state index contributed by atoms with van der Waals surface area (Å²) in [5.74, 6) is 0. The van der Waals surface area contributed by atoms with E-state index in [1.807, 2.05) is 6.92 Å². The van der Waals surface area contributed by atoms with E-state index >= 15 is 0 Å². The summed E-state index contributed by atoms with van der Waals surface area (Å²) in [6, 6.07) is -0.0260. The van der Waals surface area contributed by atoms with E-state index in [1.54, 1.807) is 0 Å². The second kappa shape index (κ2) is 17.3. The lowest BCUT2D eigenvalue weighted by atomic mass is 10.0. The molecule has 2 nitrogen and oxygen atoms in total. The van der Waals surface area contributed by atoms with Crippen molar-refractivity contribution in [3.8, 4) is 0 Å². The van der Waals surface area contributed by atoms with Crippen molar-refractivity contribution in [2.45, 2.75) is 129 Å². The van der Waals surface area contributed by atoms with Gasteiger partial charge in [0, 0.05) is 6.04 Å². The third-order valence-electron chi connectivity index (χ3n) is 4.82. The van der Waals surface area contributed by atoms with Crippen LogP contribution < -0.4 is 5.73 Å². The van der Waals surface area contributed by atoms with Gasteiger partial charge in [0.25, 0.3) is 0 Å². The van der Waals surface area contributed by atoms with Gasteiger partial charge in [-0.1, -0.05) is 104 Å². The van der Waals surface area contributed by atoms with Crippen LogP contribution in [0.1, 0.15) is 117 Å². The van der Waals surface area contributed by atoms with E-state index < -0.39 is 0 Å². The maximum absolute atomic E-state index is 9.78. The molecule has 3 N–H and O–H groups in total. The first kappa shape index (κ1) is 21.9. The molecule has 0 aromatic carbocycles. The third-order valence-corrected chi connectivity index (χ3v) is 4.82. The molecule has 0 radical (unpaired) electrons. The fourth-order valence-electron chi connectivity index (χ4n) is 3.03. The summed E-state index contributed by atoms with van der Waals surface area (Å²) >= 11 is 0.